The number of fused-ring (bicyclic) bond motifs is 1. The normalized spacial score (nSPS) is 14.6. The van der Waals surface area contributed by atoms with E-state index in [1.807, 2.05) is 0 Å². The van der Waals surface area contributed by atoms with Gasteiger partial charge in [-0.05, 0) is 54.3 Å². The number of hydrogen-bond acceptors (Lipinski definition) is 5. The maximum absolute atomic E-state index is 5.00. The third-order valence-corrected chi connectivity index (χ3v) is 7.13. The van der Waals surface area contributed by atoms with E-state index in [1.165, 1.54) is 22.4 Å². The lowest BCUT2D eigenvalue weighted by Crippen LogP contribution is -2.44. The minimum Gasteiger partial charge on any atom is -0.369 e. The molecule has 5 rings (SSSR count). The van der Waals surface area contributed by atoms with Crippen molar-refractivity contribution in [1.29, 1.82) is 0 Å². The Kier molecular flexibility index (Phi) is 7.23. The van der Waals surface area contributed by atoms with Crippen molar-refractivity contribution in [2.45, 2.75) is 33.2 Å². The Bertz CT molecular complexity index is 1300. The molecule has 1 aliphatic heterocycles. The third kappa shape index (κ3) is 5.54. The molecule has 6 heteroatoms. The van der Waals surface area contributed by atoms with Crippen molar-refractivity contribution in [1.82, 2.24) is 19.4 Å². The number of rotatable bonds is 8. The van der Waals surface area contributed by atoms with Crippen molar-refractivity contribution in [3.63, 3.8) is 0 Å². The molecular weight excluding hydrogens is 444 g/mol. The molecule has 0 unspecified atom stereocenters. The van der Waals surface area contributed by atoms with Gasteiger partial charge in [0.25, 0.3) is 0 Å². The fraction of sp³-hybridized carbons (Fsp3) is 0.400. The van der Waals surface area contributed by atoms with Gasteiger partial charge in [0.2, 0.25) is 0 Å². The first-order valence-electron chi connectivity index (χ1n) is 13.1. The number of piperazine rings is 1. The molecule has 0 atom stereocenters. The highest BCUT2D eigenvalue weighted by atomic mass is 15.2. The molecule has 36 heavy (non-hydrogen) atoms. The van der Waals surface area contributed by atoms with Crippen LogP contribution in [0.2, 0.25) is 0 Å². The maximum Gasteiger partial charge on any atom is 0.154 e. The van der Waals surface area contributed by atoms with Gasteiger partial charge < -0.3 is 19.7 Å². The summed E-state index contributed by atoms with van der Waals surface area (Å²) in [6.07, 6.45) is 3.86. The highest BCUT2D eigenvalue weighted by Gasteiger charge is 2.15. The Balaban J connectivity index is 1.35. The van der Waals surface area contributed by atoms with Crippen molar-refractivity contribution in [3.05, 3.63) is 83.3 Å². The quantitative estimate of drug-likeness (QED) is 0.378. The summed E-state index contributed by atoms with van der Waals surface area (Å²) >= 11 is 0. The molecule has 0 amide bonds. The molecule has 0 spiro atoms. The predicted molar refractivity (Wildman–Crippen MR) is 150 cm³/mol. The minimum atomic E-state index is 0.624. The van der Waals surface area contributed by atoms with Crippen LogP contribution in [0.15, 0.2) is 60.8 Å². The van der Waals surface area contributed by atoms with Crippen molar-refractivity contribution in [2.75, 3.05) is 43.4 Å². The van der Waals surface area contributed by atoms with E-state index >= 15 is 0 Å². The first-order valence-corrected chi connectivity index (χ1v) is 13.1. The number of likely N-dealkylation sites (N-methyl/N-ethyl adjacent to an activating group) is 1. The van der Waals surface area contributed by atoms with Crippen LogP contribution in [0.3, 0.4) is 0 Å². The van der Waals surface area contributed by atoms with Gasteiger partial charge in [-0.1, -0.05) is 50.2 Å². The van der Waals surface area contributed by atoms with Gasteiger partial charge in [-0.2, -0.15) is 0 Å². The van der Waals surface area contributed by atoms with Crippen LogP contribution in [0.1, 0.15) is 36.4 Å². The molecule has 6 nitrogen and oxygen atoms in total. The third-order valence-electron chi connectivity index (χ3n) is 7.13. The molecule has 4 aromatic rings. The smallest absolute Gasteiger partial charge is 0.154 e. The molecule has 0 bridgehead atoms. The van der Waals surface area contributed by atoms with E-state index in [1.54, 1.807) is 0 Å². The van der Waals surface area contributed by atoms with Gasteiger partial charge in [0.05, 0.1) is 5.52 Å². The number of hydrogen-bond donors (Lipinski definition) is 1. The second-order valence-corrected chi connectivity index (χ2v) is 10.5. The summed E-state index contributed by atoms with van der Waals surface area (Å²) in [7, 11) is 4.25. The van der Waals surface area contributed by atoms with Crippen LogP contribution < -0.4 is 10.2 Å². The van der Waals surface area contributed by atoms with Gasteiger partial charge in [0.15, 0.2) is 5.82 Å². The predicted octanol–water partition coefficient (Wildman–Crippen LogP) is 5.12. The molecule has 0 aliphatic carbocycles. The Morgan fingerprint density at radius 3 is 2.31 bits per heavy atom. The Morgan fingerprint density at radius 2 is 1.58 bits per heavy atom. The SMILES string of the molecule is CC(C)Cc1ccccc1CNc1nc(Cc2ccc(N3CCN(C)CC3)cc2)nc2ccn(C)c12. The molecule has 0 radical (unpaired) electrons. The highest BCUT2D eigenvalue weighted by Crippen LogP contribution is 2.24. The first-order chi connectivity index (χ1) is 17.5. The van der Waals surface area contributed by atoms with Crippen molar-refractivity contribution in [2.24, 2.45) is 13.0 Å². The molecule has 1 saturated heterocycles. The van der Waals surface area contributed by atoms with E-state index in [-0.39, 0.29) is 0 Å². The summed E-state index contributed by atoms with van der Waals surface area (Å²) in [5.74, 6) is 2.37. The van der Waals surface area contributed by atoms with E-state index in [2.05, 4.69) is 108 Å². The summed E-state index contributed by atoms with van der Waals surface area (Å²) in [5.41, 5.74) is 7.29. The van der Waals surface area contributed by atoms with Crippen LogP contribution in [0.25, 0.3) is 11.0 Å². The van der Waals surface area contributed by atoms with Gasteiger partial charge in [-0.15, -0.1) is 0 Å². The molecule has 1 fully saturated rings. The Morgan fingerprint density at radius 1 is 0.861 bits per heavy atom. The zero-order chi connectivity index (χ0) is 25.1. The van der Waals surface area contributed by atoms with Gasteiger partial charge in [0.1, 0.15) is 11.3 Å². The van der Waals surface area contributed by atoms with Crippen LogP contribution in [0, 0.1) is 5.92 Å². The summed E-state index contributed by atoms with van der Waals surface area (Å²) in [6, 6.07) is 19.7. The van der Waals surface area contributed by atoms with E-state index in [9.17, 15) is 0 Å². The van der Waals surface area contributed by atoms with Crippen LogP contribution in [0.4, 0.5) is 11.5 Å². The van der Waals surface area contributed by atoms with Gasteiger partial charge in [0, 0.05) is 58.1 Å². The standard InChI is InChI=1S/C30H38N6/c1-22(2)19-24-7-5-6-8-25(24)21-31-30-29-27(13-14-35(29)4)32-28(33-30)20-23-9-11-26(12-10-23)36-17-15-34(3)16-18-36/h5-14,22H,15-21H2,1-4H3,(H,31,32,33). The largest absolute Gasteiger partial charge is 0.369 e. The van der Waals surface area contributed by atoms with Crippen LogP contribution in [-0.4, -0.2) is 52.7 Å². The van der Waals surface area contributed by atoms with Crippen molar-refractivity contribution < 1.29 is 0 Å². The molecule has 1 aliphatic rings. The zero-order valence-electron chi connectivity index (χ0n) is 22.0. The molecule has 2 aromatic carbocycles. The molecule has 0 saturated carbocycles. The average Bonchev–Trinajstić information content (AvgIpc) is 3.24. The van der Waals surface area contributed by atoms with E-state index in [0.717, 1.165) is 61.8 Å². The summed E-state index contributed by atoms with van der Waals surface area (Å²) < 4.78 is 2.10. The molecule has 1 N–H and O–H groups in total. The lowest BCUT2D eigenvalue weighted by molar-refractivity contribution is 0.313. The second-order valence-electron chi connectivity index (χ2n) is 10.5. The van der Waals surface area contributed by atoms with E-state index < -0.39 is 0 Å². The van der Waals surface area contributed by atoms with Crippen LogP contribution in [-0.2, 0) is 26.4 Å². The summed E-state index contributed by atoms with van der Waals surface area (Å²) in [5, 5.41) is 3.64. The Hall–Kier alpha value is -3.38. The number of nitrogens with zero attached hydrogens (tertiary/aromatic N) is 5. The van der Waals surface area contributed by atoms with Crippen molar-refractivity contribution in [3.8, 4) is 0 Å². The van der Waals surface area contributed by atoms with Crippen LogP contribution >= 0.6 is 0 Å². The lowest BCUT2D eigenvalue weighted by Gasteiger charge is -2.34. The second kappa shape index (κ2) is 10.7. The van der Waals surface area contributed by atoms with Crippen molar-refractivity contribution >= 4 is 22.5 Å². The summed E-state index contributed by atoms with van der Waals surface area (Å²) in [4.78, 5) is 14.7. The van der Waals surface area contributed by atoms with E-state index in [4.69, 9.17) is 9.97 Å². The molecule has 188 valence electrons. The average molecular weight is 483 g/mol. The number of anilines is 2. The van der Waals surface area contributed by atoms with Gasteiger partial charge in [-0.3, -0.25) is 0 Å². The maximum atomic E-state index is 5.00. The number of aromatic nitrogens is 3. The number of benzene rings is 2. The monoisotopic (exact) mass is 482 g/mol. The summed E-state index contributed by atoms with van der Waals surface area (Å²) in [6.45, 7) is 9.68. The Labute approximate surface area is 215 Å². The minimum absolute atomic E-state index is 0.624. The highest BCUT2D eigenvalue weighted by molar-refractivity contribution is 5.86. The van der Waals surface area contributed by atoms with Gasteiger partial charge >= 0.3 is 0 Å². The fourth-order valence-electron chi connectivity index (χ4n) is 5.06. The lowest BCUT2D eigenvalue weighted by atomic mass is 9.98. The number of nitrogens with one attached hydrogen (secondary N) is 1. The molecular formula is C30H38N6. The van der Waals surface area contributed by atoms with E-state index in [0.29, 0.717) is 12.3 Å². The molecule has 2 aromatic heterocycles. The fourth-order valence-corrected chi connectivity index (χ4v) is 5.06. The molecule has 3 heterocycles. The topological polar surface area (TPSA) is 49.2 Å². The first kappa shape index (κ1) is 24.3. The van der Waals surface area contributed by atoms with Crippen LogP contribution in [0.5, 0.6) is 0 Å². The van der Waals surface area contributed by atoms with Gasteiger partial charge in [-0.25, -0.2) is 9.97 Å². The zero-order valence-corrected chi connectivity index (χ0v) is 22.0. The number of aryl methyl sites for hydroxylation is 1.